The standard InChI is InChI=1S/C25H44N4O5S/c1-17(2)20(30)11-7-6-10-14-29-23(32)15-21(25(29)34)35-16-19(26)24(33)27-13-9-5-8-12-22(31)28-18(3)4/h17-19,21H,5-16,26H2,1-4H3,(H,27,33)(H,28,31). The molecule has 4 amide bonds. The number of imide groups is 1. The summed E-state index contributed by atoms with van der Waals surface area (Å²) in [5.41, 5.74) is 5.97. The van der Waals surface area contributed by atoms with Crippen molar-refractivity contribution in [3.05, 3.63) is 0 Å². The van der Waals surface area contributed by atoms with Crippen molar-refractivity contribution in [3.8, 4) is 0 Å². The Morgan fingerprint density at radius 2 is 1.66 bits per heavy atom. The number of hydrogen-bond donors (Lipinski definition) is 3. The van der Waals surface area contributed by atoms with Gasteiger partial charge in [0.2, 0.25) is 23.6 Å². The van der Waals surface area contributed by atoms with E-state index < -0.39 is 11.3 Å². The van der Waals surface area contributed by atoms with E-state index in [0.29, 0.717) is 32.4 Å². The number of likely N-dealkylation sites (tertiary alicyclic amines) is 1. The number of Topliss-reactive ketones (excluding diaryl/α,β-unsaturated/α-hetero) is 1. The molecule has 0 saturated carbocycles. The normalized spacial score (nSPS) is 16.8. The maximum Gasteiger partial charge on any atom is 0.242 e. The summed E-state index contributed by atoms with van der Waals surface area (Å²) in [6.45, 7) is 8.48. The second kappa shape index (κ2) is 16.7. The van der Waals surface area contributed by atoms with Gasteiger partial charge in [-0.05, 0) is 39.5 Å². The molecule has 0 aromatic carbocycles. The topological polar surface area (TPSA) is 139 Å². The lowest BCUT2D eigenvalue weighted by Gasteiger charge is -2.16. The average molecular weight is 513 g/mol. The Kier molecular flexibility index (Phi) is 14.8. The number of nitrogens with two attached hydrogens (primary N) is 1. The average Bonchev–Trinajstić information content (AvgIpc) is 3.05. The van der Waals surface area contributed by atoms with Gasteiger partial charge in [-0.3, -0.25) is 28.9 Å². The van der Waals surface area contributed by atoms with Crippen molar-refractivity contribution in [1.82, 2.24) is 15.5 Å². The van der Waals surface area contributed by atoms with Gasteiger partial charge in [-0.15, -0.1) is 11.8 Å². The molecule has 0 aromatic rings. The van der Waals surface area contributed by atoms with Gasteiger partial charge in [-0.2, -0.15) is 0 Å². The third kappa shape index (κ3) is 12.5. The van der Waals surface area contributed by atoms with Gasteiger partial charge in [0.1, 0.15) is 5.78 Å². The molecule has 0 aliphatic carbocycles. The van der Waals surface area contributed by atoms with Crippen LogP contribution in [-0.2, 0) is 24.0 Å². The molecule has 0 spiro atoms. The molecule has 1 aliphatic heterocycles. The molecule has 200 valence electrons. The fourth-order valence-corrected chi connectivity index (χ4v) is 4.79. The van der Waals surface area contributed by atoms with E-state index in [1.165, 1.54) is 16.7 Å². The number of nitrogens with zero attached hydrogens (tertiary/aromatic N) is 1. The molecule has 1 fully saturated rings. The third-order valence-electron chi connectivity index (χ3n) is 5.79. The molecule has 1 aliphatic rings. The van der Waals surface area contributed by atoms with E-state index in [9.17, 15) is 24.0 Å². The molecule has 1 heterocycles. The quantitative estimate of drug-likeness (QED) is 0.189. The van der Waals surface area contributed by atoms with Crippen LogP contribution >= 0.6 is 11.8 Å². The van der Waals surface area contributed by atoms with Crippen molar-refractivity contribution in [2.24, 2.45) is 11.7 Å². The van der Waals surface area contributed by atoms with Crippen LogP contribution in [0.2, 0.25) is 0 Å². The van der Waals surface area contributed by atoms with E-state index in [0.717, 1.165) is 32.1 Å². The molecular formula is C25H44N4O5S. The van der Waals surface area contributed by atoms with Crippen LogP contribution < -0.4 is 16.4 Å². The first kappa shape index (κ1) is 31.1. The number of carbonyl (C=O) groups excluding carboxylic acids is 5. The molecule has 2 unspecified atom stereocenters. The Labute approximate surface area is 214 Å². The summed E-state index contributed by atoms with van der Waals surface area (Å²) in [5.74, 6) is -0.105. The highest BCUT2D eigenvalue weighted by atomic mass is 32.2. The van der Waals surface area contributed by atoms with Crippen molar-refractivity contribution in [1.29, 1.82) is 0 Å². The fraction of sp³-hybridized carbons (Fsp3) is 0.800. The van der Waals surface area contributed by atoms with Gasteiger partial charge in [-0.25, -0.2) is 0 Å². The molecule has 0 radical (unpaired) electrons. The Morgan fingerprint density at radius 1 is 1.00 bits per heavy atom. The van der Waals surface area contributed by atoms with E-state index >= 15 is 0 Å². The molecule has 0 bridgehead atoms. The third-order valence-corrected chi connectivity index (χ3v) is 7.12. The zero-order chi connectivity index (χ0) is 26.4. The van der Waals surface area contributed by atoms with Gasteiger partial charge in [0.05, 0.1) is 11.3 Å². The molecule has 1 saturated heterocycles. The van der Waals surface area contributed by atoms with Gasteiger partial charge >= 0.3 is 0 Å². The summed E-state index contributed by atoms with van der Waals surface area (Å²) in [4.78, 5) is 61.6. The lowest BCUT2D eigenvalue weighted by molar-refractivity contribution is -0.138. The first-order chi connectivity index (χ1) is 16.5. The highest BCUT2D eigenvalue weighted by molar-refractivity contribution is 8.00. The van der Waals surface area contributed by atoms with E-state index in [1.54, 1.807) is 0 Å². The molecule has 10 heteroatoms. The Hall–Kier alpha value is -1.94. The predicted octanol–water partition coefficient (Wildman–Crippen LogP) is 2.16. The molecule has 2 atom stereocenters. The Bertz CT molecular complexity index is 729. The summed E-state index contributed by atoms with van der Waals surface area (Å²) >= 11 is 1.26. The van der Waals surface area contributed by atoms with Crippen molar-refractivity contribution in [2.75, 3.05) is 18.8 Å². The van der Waals surface area contributed by atoms with Crippen LogP contribution in [0, 0.1) is 5.92 Å². The van der Waals surface area contributed by atoms with E-state index in [4.69, 9.17) is 5.73 Å². The molecule has 35 heavy (non-hydrogen) atoms. The van der Waals surface area contributed by atoms with Gasteiger partial charge < -0.3 is 16.4 Å². The minimum atomic E-state index is -0.757. The minimum absolute atomic E-state index is 0.0390. The number of hydrogen-bond acceptors (Lipinski definition) is 7. The van der Waals surface area contributed by atoms with Crippen LogP contribution in [0.15, 0.2) is 0 Å². The second-order valence-electron chi connectivity index (χ2n) is 9.77. The first-order valence-corrected chi connectivity index (χ1v) is 13.9. The van der Waals surface area contributed by atoms with Crippen molar-refractivity contribution in [3.63, 3.8) is 0 Å². The maximum absolute atomic E-state index is 12.6. The lowest BCUT2D eigenvalue weighted by Crippen LogP contribution is -2.43. The fourth-order valence-electron chi connectivity index (χ4n) is 3.67. The first-order valence-electron chi connectivity index (χ1n) is 12.8. The highest BCUT2D eigenvalue weighted by Gasteiger charge is 2.38. The summed E-state index contributed by atoms with van der Waals surface area (Å²) in [5, 5.41) is 5.15. The van der Waals surface area contributed by atoms with Gasteiger partial charge in [0, 0.05) is 50.1 Å². The van der Waals surface area contributed by atoms with E-state index in [1.807, 2.05) is 27.7 Å². The maximum atomic E-state index is 12.6. The van der Waals surface area contributed by atoms with Gasteiger partial charge in [0.25, 0.3) is 0 Å². The SMILES string of the molecule is CC(C)NC(=O)CCCCCNC(=O)C(N)CSC1CC(=O)N(CCCCCC(=O)C(C)C)C1=O. The zero-order valence-electron chi connectivity index (χ0n) is 21.8. The predicted molar refractivity (Wildman–Crippen MR) is 139 cm³/mol. The van der Waals surface area contributed by atoms with Crippen LogP contribution in [0.3, 0.4) is 0 Å². The van der Waals surface area contributed by atoms with Crippen LogP contribution in [-0.4, -0.2) is 70.5 Å². The number of rotatable bonds is 18. The van der Waals surface area contributed by atoms with Crippen molar-refractivity contribution >= 4 is 41.2 Å². The molecule has 9 nitrogen and oxygen atoms in total. The van der Waals surface area contributed by atoms with Crippen molar-refractivity contribution in [2.45, 2.75) is 103 Å². The number of thioether (sulfide) groups is 1. The zero-order valence-corrected chi connectivity index (χ0v) is 22.6. The second-order valence-corrected chi connectivity index (χ2v) is 11.0. The smallest absolute Gasteiger partial charge is 0.242 e. The van der Waals surface area contributed by atoms with Crippen LogP contribution in [0.4, 0.5) is 0 Å². The van der Waals surface area contributed by atoms with E-state index in [2.05, 4.69) is 10.6 Å². The summed E-state index contributed by atoms with van der Waals surface area (Å²) in [7, 11) is 0. The number of carbonyl (C=O) groups is 5. The molecular weight excluding hydrogens is 468 g/mol. The van der Waals surface area contributed by atoms with Crippen LogP contribution in [0.25, 0.3) is 0 Å². The van der Waals surface area contributed by atoms with Crippen molar-refractivity contribution < 1.29 is 24.0 Å². The van der Waals surface area contributed by atoms with Gasteiger partial charge in [0.15, 0.2) is 0 Å². The molecule has 1 rings (SSSR count). The minimum Gasteiger partial charge on any atom is -0.355 e. The largest absolute Gasteiger partial charge is 0.355 e. The van der Waals surface area contributed by atoms with Crippen LogP contribution in [0.1, 0.15) is 85.5 Å². The van der Waals surface area contributed by atoms with Crippen LogP contribution in [0.5, 0.6) is 0 Å². The van der Waals surface area contributed by atoms with E-state index in [-0.39, 0.29) is 53.5 Å². The number of unbranched alkanes of at least 4 members (excludes halogenated alkanes) is 4. The summed E-state index contributed by atoms with van der Waals surface area (Å²) in [6.07, 6.45) is 5.75. The summed E-state index contributed by atoms with van der Waals surface area (Å²) < 4.78 is 0. The highest BCUT2D eigenvalue weighted by Crippen LogP contribution is 2.26. The Balaban J connectivity index is 2.20. The number of amides is 4. The lowest BCUT2D eigenvalue weighted by atomic mass is 10.0. The molecule has 0 aromatic heterocycles. The number of nitrogens with one attached hydrogen (secondary N) is 2. The Morgan fingerprint density at radius 3 is 2.31 bits per heavy atom. The molecule has 4 N–H and O–H groups in total. The monoisotopic (exact) mass is 512 g/mol. The summed E-state index contributed by atoms with van der Waals surface area (Å²) in [6, 6.07) is -0.619. The number of ketones is 1. The van der Waals surface area contributed by atoms with Gasteiger partial charge in [-0.1, -0.05) is 26.7 Å².